The molecule has 0 spiro atoms. The number of hydrogen-bond acceptors (Lipinski definition) is 4. The van der Waals surface area contributed by atoms with Gasteiger partial charge in [0.2, 0.25) is 0 Å². The first-order valence-corrected chi connectivity index (χ1v) is 5.62. The fourth-order valence-corrected chi connectivity index (χ4v) is 2.18. The molecule has 0 aliphatic carbocycles. The minimum atomic E-state index is 0.450. The van der Waals surface area contributed by atoms with Gasteiger partial charge in [-0.15, -0.1) is 0 Å². The van der Waals surface area contributed by atoms with Gasteiger partial charge in [-0.25, -0.2) is 0 Å². The second-order valence-corrected chi connectivity index (χ2v) is 4.16. The molecule has 1 aromatic heterocycles. The molecule has 1 heterocycles. The van der Waals surface area contributed by atoms with E-state index in [0.717, 1.165) is 28.1 Å². The van der Waals surface area contributed by atoms with E-state index in [9.17, 15) is 0 Å². The van der Waals surface area contributed by atoms with Gasteiger partial charge in [0.15, 0.2) is 11.5 Å². The molecule has 18 heavy (non-hydrogen) atoms. The average molecular weight is 247 g/mol. The fourth-order valence-electron chi connectivity index (χ4n) is 2.18. The van der Waals surface area contributed by atoms with Crippen LogP contribution in [0.15, 0.2) is 12.1 Å². The molecule has 0 radical (unpaired) electrons. The standard InChI is InChI=1S/C13H17N3O2/c1-7-5-8(2)12(17-3)13(18-4)11(7)9-6-10(14)16-15-9/h5-6H,1-4H3,(H3,14,15,16). The summed E-state index contributed by atoms with van der Waals surface area (Å²) in [6, 6.07) is 3.83. The lowest BCUT2D eigenvalue weighted by molar-refractivity contribution is 0.354. The van der Waals surface area contributed by atoms with Crippen LogP contribution in [-0.2, 0) is 0 Å². The van der Waals surface area contributed by atoms with Crippen LogP contribution in [0.4, 0.5) is 5.82 Å². The normalized spacial score (nSPS) is 10.4. The minimum absolute atomic E-state index is 0.450. The monoisotopic (exact) mass is 247 g/mol. The van der Waals surface area contributed by atoms with Gasteiger partial charge in [0, 0.05) is 11.6 Å². The van der Waals surface area contributed by atoms with Crippen molar-refractivity contribution in [3.05, 3.63) is 23.3 Å². The lowest BCUT2D eigenvalue weighted by atomic mass is 10.0. The van der Waals surface area contributed by atoms with Crippen molar-refractivity contribution in [3.8, 4) is 22.8 Å². The number of H-pyrrole nitrogens is 1. The molecule has 0 aliphatic rings. The lowest BCUT2D eigenvalue weighted by Gasteiger charge is -2.16. The lowest BCUT2D eigenvalue weighted by Crippen LogP contribution is -1.98. The van der Waals surface area contributed by atoms with Gasteiger partial charge in [0.05, 0.1) is 19.9 Å². The summed E-state index contributed by atoms with van der Waals surface area (Å²) in [5.41, 5.74) is 9.49. The zero-order valence-corrected chi connectivity index (χ0v) is 11.0. The third kappa shape index (κ3) is 1.88. The Morgan fingerprint density at radius 2 is 1.72 bits per heavy atom. The van der Waals surface area contributed by atoms with Crippen molar-refractivity contribution in [2.45, 2.75) is 13.8 Å². The molecule has 0 atom stereocenters. The summed E-state index contributed by atoms with van der Waals surface area (Å²) in [7, 11) is 3.26. The van der Waals surface area contributed by atoms with Crippen molar-refractivity contribution in [3.63, 3.8) is 0 Å². The van der Waals surface area contributed by atoms with E-state index in [1.54, 1.807) is 20.3 Å². The molecule has 5 heteroatoms. The van der Waals surface area contributed by atoms with Gasteiger partial charge in [-0.1, -0.05) is 6.07 Å². The van der Waals surface area contributed by atoms with Crippen LogP contribution in [0.3, 0.4) is 0 Å². The fraction of sp³-hybridized carbons (Fsp3) is 0.308. The van der Waals surface area contributed by atoms with Crippen LogP contribution in [0.2, 0.25) is 0 Å². The molecule has 3 N–H and O–H groups in total. The number of nitrogens with zero attached hydrogens (tertiary/aromatic N) is 1. The smallest absolute Gasteiger partial charge is 0.170 e. The number of nitrogens with two attached hydrogens (primary N) is 1. The van der Waals surface area contributed by atoms with Gasteiger partial charge in [-0.05, 0) is 25.0 Å². The Bertz CT molecular complexity index is 576. The van der Waals surface area contributed by atoms with Crippen molar-refractivity contribution in [2.75, 3.05) is 20.0 Å². The van der Waals surface area contributed by atoms with Crippen molar-refractivity contribution < 1.29 is 9.47 Å². The van der Waals surface area contributed by atoms with Crippen molar-refractivity contribution in [2.24, 2.45) is 0 Å². The summed E-state index contributed by atoms with van der Waals surface area (Å²) in [4.78, 5) is 0. The molecule has 5 nitrogen and oxygen atoms in total. The Hall–Kier alpha value is -2.17. The summed E-state index contributed by atoms with van der Waals surface area (Å²) in [5.74, 6) is 1.87. The molecule has 0 unspecified atom stereocenters. The zero-order chi connectivity index (χ0) is 13.3. The van der Waals surface area contributed by atoms with E-state index in [4.69, 9.17) is 15.2 Å². The van der Waals surface area contributed by atoms with Crippen LogP contribution >= 0.6 is 0 Å². The number of ether oxygens (including phenoxy) is 2. The van der Waals surface area contributed by atoms with Crippen LogP contribution < -0.4 is 15.2 Å². The predicted octanol–water partition coefficient (Wildman–Crippen LogP) is 2.29. The first-order valence-electron chi connectivity index (χ1n) is 5.62. The third-order valence-electron chi connectivity index (χ3n) is 2.89. The van der Waals surface area contributed by atoms with E-state index >= 15 is 0 Å². The van der Waals surface area contributed by atoms with Gasteiger partial charge < -0.3 is 15.2 Å². The number of nitrogens with one attached hydrogen (secondary N) is 1. The second-order valence-electron chi connectivity index (χ2n) is 4.16. The zero-order valence-electron chi connectivity index (χ0n) is 11.0. The number of nitrogen functional groups attached to an aromatic ring is 1. The molecule has 0 bridgehead atoms. The summed E-state index contributed by atoms with van der Waals surface area (Å²) < 4.78 is 10.9. The third-order valence-corrected chi connectivity index (χ3v) is 2.89. The van der Waals surface area contributed by atoms with Crippen LogP contribution in [0.1, 0.15) is 11.1 Å². The van der Waals surface area contributed by atoms with Gasteiger partial charge in [0.25, 0.3) is 0 Å². The van der Waals surface area contributed by atoms with Crippen LogP contribution in [-0.4, -0.2) is 24.4 Å². The van der Waals surface area contributed by atoms with Crippen LogP contribution in [0, 0.1) is 13.8 Å². The van der Waals surface area contributed by atoms with E-state index in [-0.39, 0.29) is 0 Å². The Balaban J connectivity index is 2.73. The maximum Gasteiger partial charge on any atom is 0.170 e. The Morgan fingerprint density at radius 3 is 2.22 bits per heavy atom. The highest BCUT2D eigenvalue weighted by molar-refractivity contribution is 5.77. The van der Waals surface area contributed by atoms with E-state index in [0.29, 0.717) is 11.6 Å². The number of anilines is 1. The summed E-state index contributed by atoms with van der Waals surface area (Å²) in [6.45, 7) is 4.00. The van der Waals surface area contributed by atoms with Crippen LogP contribution in [0.25, 0.3) is 11.3 Å². The number of hydrogen-bond donors (Lipinski definition) is 2. The maximum atomic E-state index is 5.64. The molecule has 2 aromatic rings. The number of methoxy groups -OCH3 is 2. The highest BCUT2D eigenvalue weighted by Gasteiger charge is 2.18. The first kappa shape index (κ1) is 12.3. The summed E-state index contributed by atoms with van der Waals surface area (Å²) >= 11 is 0. The van der Waals surface area contributed by atoms with E-state index in [1.165, 1.54) is 0 Å². The first-order chi connectivity index (χ1) is 8.58. The number of rotatable bonds is 3. The second kappa shape index (κ2) is 4.60. The topological polar surface area (TPSA) is 73.2 Å². The molecule has 1 aromatic carbocycles. The van der Waals surface area contributed by atoms with Gasteiger partial charge in [-0.2, -0.15) is 5.10 Å². The van der Waals surface area contributed by atoms with Crippen LogP contribution in [0.5, 0.6) is 11.5 Å². The minimum Gasteiger partial charge on any atom is -0.493 e. The molecule has 2 rings (SSSR count). The Morgan fingerprint density at radius 1 is 1.06 bits per heavy atom. The molecule has 96 valence electrons. The number of benzene rings is 1. The van der Waals surface area contributed by atoms with Gasteiger partial charge in [-0.3, -0.25) is 5.10 Å². The Labute approximate surface area is 106 Å². The van der Waals surface area contributed by atoms with E-state index < -0.39 is 0 Å². The highest BCUT2D eigenvalue weighted by Crippen LogP contribution is 2.42. The molecule has 0 fully saturated rings. The number of aryl methyl sites for hydroxylation is 2. The largest absolute Gasteiger partial charge is 0.493 e. The van der Waals surface area contributed by atoms with E-state index in [2.05, 4.69) is 10.2 Å². The summed E-state index contributed by atoms with van der Waals surface area (Å²) in [6.07, 6.45) is 0. The highest BCUT2D eigenvalue weighted by atomic mass is 16.5. The quantitative estimate of drug-likeness (QED) is 0.872. The number of aromatic nitrogens is 2. The van der Waals surface area contributed by atoms with Gasteiger partial charge in [0.1, 0.15) is 5.82 Å². The molecule has 0 saturated carbocycles. The van der Waals surface area contributed by atoms with Gasteiger partial charge >= 0.3 is 0 Å². The molecule has 0 aliphatic heterocycles. The maximum absolute atomic E-state index is 5.64. The van der Waals surface area contributed by atoms with E-state index in [1.807, 2.05) is 19.9 Å². The SMILES string of the molecule is COc1c(C)cc(C)c(-c2cc(N)n[nH]2)c1OC. The molecular weight excluding hydrogens is 230 g/mol. The molecule has 0 saturated heterocycles. The average Bonchev–Trinajstić information content (AvgIpc) is 2.74. The summed E-state index contributed by atoms with van der Waals surface area (Å²) in [5, 5.41) is 6.84. The molecule has 0 amide bonds. The predicted molar refractivity (Wildman–Crippen MR) is 71.0 cm³/mol. The number of aromatic amines is 1. The van der Waals surface area contributed by atoms with Crippen molar-refractivity contribution in [1.29, 1.82) is 0 Å². The Kier molecular flexibility index (Phi) is 3.14. The molecular formula is C13H17N3O2. The van der Waals surface area contributed by atoms with Crippen molar-refractivity contribution >= 4 is 5.82 Å². The van der Waals surface area contributed by atoms with Crippen molar-refractivity contribution in [1.82, 2.24) is 10.2 Å².